The first-order valence-corrected chi connectivity index (χ1v) is 10.5. The second-order valence-corrected chi connectivity index (χ2v) is 10.3. The van der Waals surface area contributed by atoms with E-state index in [2.05, 4.69) is 97.3 Å². The number of halogens is 5. The zero-order chi connectivity index (χ0) is 12.2. The van der Waals surface area contributed by atoms with E-state index in [4.69, 9.17) is 5.11 Å². The molecule has 0 aromatic heterocycles. The fraction of sp³-hybridized carbons (Fsp3) is 0.875. The molecule has 5 atom stereocenters. The van der Waals surface area contributed by atoms with Crippen LogP contribution in [0.5, 0.6) is 0 Å². The van der Waals surface area contributed by atoms with E-state index >= 15 is 0 Å². The zero-order valence-electron chi connectivity index (χ0n) is 7.84. The number of alkyl halides is 5. The monoisotopic (exact) mass is 774 g/mol. The number of hydrogen-bond acceptors (Lipinski definition) is 1. The van der Waals surface area contributed by atoms with Crippen molar-refractivity contribution in [1.82, 2.24) is 0 Å². The number of rotatable bonds is 6. The third-order valence-corrected chi connectivity index (χ3v) is 15.0. The van der Waals surface area contributed by atoms with Crippen LogP contribution in [0.1, 0.15) is 13.3 Å². The lowest BCUT2D eigenvalue weighted by Gasteiger charge is -2.26. The van der Waals surface area contributed by atoms with Gasteiger partial charge in [0.25, 0.3) is 0 Å². The molecule has 0 heterocycles. The van der Waals surface area contributed by atoms with Crippen LogP contribution >= 0.6 is 113 Å². The van der Waals surface area contributed by atoms with Gasteiger partial charge in [-0.1, -0.05) is 120 Å². The van der Waals surface area contributed by atoms with Crippen molar-refractivity contribution in [2.75, 3.05) is 0 Å². The Labute approximate surface area is 159 Å². The maximum Gasteiger partial charge on any atom is 0.317 e. The molecule has 0 saturated carbocycles. The van der Waals surface area contributed by atoms with Crippen molar-refractivity contribution >= 4 is 119 Å². The van der Waals surface area contributed by atoms with Gasteiger partial charge in [0.1, 0.15) is 3.92 Å². The van der Waals surface area contributed by atoms with Crippen LogP contribution in [0.4, 0.5) is 0 Å². The molecule has 0 aliphatic heterocycles. The van der Waals surface area contributed by atoms with E-state index in [1.807, 2.05) is 22.6 Å². The van der Waals surface area contributed by atoms with Crippen molar-refractivity contribution in [3.63, 3.8) is 0 Å². The van der Waals surface area contributed by atoms with Gasteiger partial charge in [-0.25, -0.2) is 0 Å². The number of hydrogen-bond donors (Lipinski definition) is 1. The van der Waals surface area contributed by atoms with Crippen molar-refractivity contribution in [2.24, 2.45) is 0 Å². The third-order valence-electron chi connectivity index (χ3n) is 1.86. The molecule has 7 heteroatoms. The third kappa shape index (κ3) is 6.20. The Morgan fingerprint density at radius 1 is 1.07 bits per heavy atom. The second-order valence-electron chi connectivity index (χ2n) is 3.00. The SMILES string of the molecule is CCC(I)C(I)C(I)C(I)C(I)C(=O)O. The van der Waals surface area contributed by atoms with Crippen LogP contribution in [0.15, 0.2) is 0 Å². The summed E-state index contributed by atoms with van der Waals surface area (Å²) >= 11 is 11.6. The topological polar surface area (TPSA) is 37.3 Å². The van der Waals surface area contributed by atoms with Gasteiger partial charge in [-0.15, -0.1) is 0 Å². The summed E-state index contributed by atoms with van der Waals surface area (Å²) < 4.78 is 1.39. The number of carboxylic acids is 1. The lowest BCUT2D eigenvalue weighted by atomic mass is 10.1. The fourth-order valence-corrected chi connectivity index (χ4v) is 6.80. The molecule has 0 bridgehead atoms. The number of aliphatic carboxylic acids is 1. The summed E-state index contributed by atoms with van der Waals surface area (Å²) in [6.07, 6.45) is 1.13. The minimum atomic E-state index is -0.707. The van der Waals surface area contributed by atoms with E-state index in [1.54, 1.807) is 0 Å². The molecule has 2 nitrogen and oxygen atoms in total. The van der Waals surface area contributed by atoms with E-state index < -0.39 is 5.97 Å². The highest BCUT2D eigenvalue weighted by Gasteiger charge is 2.34. The minimum absolute atomic E-state index is 0.173. The summed E-state index contributed by atoms with van der Waals surface area (Å²) in [7, 11) is 0. The molecule has 0 aliphatic rings. The highest BCUT2D eigenvalue weighted by Crippen LogP contribution is 2.34. The molecule has 0 amide bonds. The van der Waals surface area contributed by atoms with Gasteiger partial charge >= 0.3 is 5.97 Å². The van der Waals surface area contributed by atoms with Gasteiger partial charge in [-0.3, -0.25) is 4.79 Å². The van der Waals surface area contributed by atoms with Crippen molar-refractivity contribution in [1.29, 1.82) is 0 Å². The standard InChI is InChI=1S/C8H11I5O2/c1-2-3(9)4(10)5(11)6(12)7(13)8(14)15/h3-7H,2H2,1H3,(H,14,15). The Morgan fingerprint density at radius 2 is 1.53 bits per heavy atom. The Balaban J connectivity index is 4.42. The van der Waals surface area contributed by atoms with E-state index in [1.165, 1.54) is 0 Å². The quantitative estimate of drug-likeness (QED) is 0.320. The summed E-state index contributed by atoms with van der Waals surface area (Å²) in [4.78, 5) is 10.9. The molecule has 0 aromatic rings. The van der Waals surface area contributed by atoms with E-state index in [9.17, 15) is 4.79 Å². The van der Waals surface area contributed by atoms with Crippen molar-refractivity contribution < 1.29 is 9.90 Å². The van der Waals surface area contributed by atoms with E-state index in [-0.39, 0.29) is 7.85 Å². The van der Waals surface area contributed by atoms with Gasteiger partial charge < -0.3 is 5.11 Å². The molecule has 90 valence electrons. The molecule has 0 rings (SSSR count). The van der Waals surface area contributed by atoms with Crippen molar-refractivity contribution in [2.45, 2.75) is 33.0 Å². The van der Waals surface area contributed by atoms with E-state index in [0.717, 1.165) is 6.42 Å². The summed E-state index contributed by atoms with van der Waals surface area (Å²) in [5.74, 6) is -0.707. The van der Waals surface area contributed by atoms with E-state index in [0.29, 0.717) is 11.8 Å². The molecule has 0 aliphatic carbocycles. The first-order chi connectivity index (χ1) is 6.82. The molecular weight excluding hydrogens is 763 g/mol. The molecule has 1 N–H and O–H groups in total. The van der Waals surface area contributed by atoms with Gasteiger partial charge in [0.15, 0.2) is 0 Å². The molecule has 0 radical (unpaired) electrons. The van der Waals surface area contributed by atoms with Crippen molar-refractivity contribution in [3.05, 3.63) is 0 Å². The maximum absolute atomic E-state index is 10.9. The number of carbonyl (C=O) groups is 1. The molecule has 15 heavy (non-hydrogen) atoms. The van der Waals surface area contributed by atoms with Crippen LogP contribution in [0, 0.1) is 0 Å². The Hall–Kier alpha value is 3.12. The van der Waals surface area contributed by atoms with Crippen LogP contribution in [0.2, 0.25) is 0 Å². The van der Waals surface area contributed by atoms with Gasteiger partial charge in [-0.2, -0.15) is 0 Å². The van der Waals surface area contributed by atoms with Gasteiger partial charge in [0.05, 0.1) is 0 Å². The largest absolute Gasteiger partial charge is 0.480 e. The predicted octanol–water partition coefficient (Wildman–Crippen LogP) is 4.50. The summed E-state index contributed by atoms with van der Waals surface area (Å²) in [6, 6.07) is 0. The molecule has 0 saturated heterocycles. The predicted molar refractivity (Wildman–Crippen MR) is 107 cm³/mol. The highest BCUT2D eigenvalue weighted by molar-refractivity contribution is 14.1. The Morgan fingerprint density at radius 3 is 1.87 bits per heavy atom. The number of carboxylic acid groups (broad SMARTS) is 1. The lowest BCUT2D eigenvalue weighted by molar-refractivity contribution is -0.135. The van der Waals surface area contributed by atoms with Crippen LogP contribution in [0.3, 0.4) is 0 Å². The zero-order valence-corrected chi connectivity index (χ0v) is 18.6. The molecular formula is C8H11I5O2. The van der Waals surface area contributed by atoms with Gasteiger partial charge in [0.2, 0.25) is 0 Å². The van der Waals surface area contributed by atoms with Crippen LogP contribution < -0.4 is 0 Å². The van der Waals surface area contributed by atoms with Crippen LogP contribution in [0.25, 0.3) is 0 Å². The Bertz CT molecular complexity index is 213. The average molecular weight is 774 g/mol. The molecule has 0 spiro atoms. The van der Waals surface area contributed by atoms with Gasteiger partial charge in [-0.05, 0) is 6.42 Å². The molecule has 0 fully saturated rings. The fourth-order valence-electron chi connectivity index (χ4n) is 0.898. The normalized spacial score (nSPS) is 21.5. The first-order valence-electron chi connectivity index (χ1n) is 4.26. The Kier molecular flexibility index (Phi) is 11.0. The van der Waals surface area contributed by atoms with Crippen LogP contribution in [-0.4, -0.2) is 30.7 Å². The van der Waals surface area contributed by atoms with Crippen molar-refractivity contribution in [3.8, 4) is 0 Å². The first kappa shape index (κ1) is 18.1. The highest BCUT2D eigenvalue weighted by atomic mass is 127. The summed E-state index contributed by atoms with van der Waals surface area (Å²) in [6.45, 7) is 2.17. The second kappa shape index (κ2) is 9.09. The molecule has 0 aromatic carbocycles. The lowest BCUT2D eigenvalue weighted by Crippen LogP contribution is -2.38. The molecule has 5 unspecified atom stereocenters. The van der Waals surface area contributed by atoms with Gasteiger partial charge in [0, 0.05) is 15.7 Å². The van der Waals surface area contributed by atoms with Crippen LogP contribution in [-0.2, 0) is 4.79 Å². The minimum Gasteiger partial charge on any atom is -0.480 e. The summed E-state index contributed by atoms with van der Waals surface area (Å²) in [5.41, 5.74) is 0. The maximum atomic E-state index is 10.9. The smallest absolute Gasteiger partial charge is 0.317 e. The average Bonchev–Trinajstić information content (AvgIpc) is 2.23. The summed E-state index contributed by atoms with van der Waals surface area (Å²) in [5, 5.41) is 8.96.